The second-order valence-electron chi connectivity index (χ2n) is 7.76. The molecule has 7 unspecified atom stereocenters. The Labute approximate surface area is 211 Å². The van der Waals surface area contributed by atoms with Crippen LogP contribution in [0.2, 0.25) is 0 Å². The lowest BCUT2D eigenvalue weighted by atomic mass is 10.0. The van der Waals surface area contributed by atoms with Crippen molar-refractivity contribution in [3.63, 3.8) is 0 Å². The van der Waals surface area contributed by atoms with E-state index < -0.39 is 92.4 Å². The fourth-order valence-corrected chi connectivity index (χ4v) is 3.41. The predicted molar refractivity (Wildman–Crippen MR) is 104 cm³/mol. The van der Waals surface area contributed by atoms with Crippen LogP contribution in [0.3, 0.4) is 0 Å². The van der Waals surface area contributed by atoms with Crippen molar-refractivity contribution in [2.24, 2.45) is 0 Å². The van der Waals surface area contributed by atoms with Crippen LogP contribution in [0.5, 0.6) is 0 Å². The van der Waals surface area contributed by atoms with E-state index in [1.54, 1.807) is 0 Å². The highest BCUT2D eigenvalue weighted by Gasteiger charge is 2.53. The van der Waals surface area contributed by atoms with E-state index in [-0.39, 0.29) is 19.4 Å². The maximum Gasteiger partial charge on any atom is 0.335 e. The highest BCUT2D eigenvalue weighted by Crippen LogP contribution is 2.31. The number of carboxylic acids is 1. The molecule has 218 valence electrons. The molecule has 9 N–H and O–H groups in total. The van der Waals surface area contributed by atoms with Gasteiger partial charge in [0.25, 0.3) is 19.4 Å². The van der Waals surface area contributed by atoms with Crippen LogP contribution < -0.4 is 0 Å². The summed E-state index contributed by atoms with van der Waals surface area (Å²) in [5, 5.41) is 89.4. The minimum Gasteiger partial charge on any atom is -0.479 e. The summed E-state index contributed by atoms with van der Waals surface area (Å²) in [5.74, 6) is -2.00. The Morgan fingerprint density at radius 2 is 1.24 bits per heavy atom. The van der Waals surface area contributed by atoms with Gasteiger partial charge in [-0.1, -0.05) is 0 Å². The van der Waals surface area contributed by atoms with E-state index in [0.29, 0.717) is 0 Å². The molecule has 0 radical (unpaired) electrons. The summed E-state index contributed by atoms with van der Waals surface area (Å²) >= 11 is 0. The van der Waals surface area contributed by atoms with Crippen LogP contribution in [0, 0.1) is 0 Å². The van der Waals surface area contributed by atoms with Crippen LogP contribution in [-0.4, -0.2) is 158 Å². The molecule has 0 spiro atoms. The second kappa shape index (κ2) is 14.0. The third-order valence-electron chi connectivity index (χ3n) is 5.38. The predicted octanol–water partition coefficient (Wildman–Crippen LogP) is -7.43. The van der Waals surface area contributed by atoms with Crippen molar-refractivity contribution in [3.8, 4) is 0 Å². The largest absolute Gasteiger partial charge is 0.479 e. The average Bonchev–Trinajstić information content (AvgIpc) is 2.88. The summed E-state index contributed by atoms with van der Waals surface area (Å²) in [5.41, 5.74) is 0. The molecule has 20 heteroatoms. The summed E-state index contributed by atoms with van der Waals surface area (Å²) in [6, 6.07) is 0. The van der Waals surface area contributed by atoms with Gasteiger partial charge in [-0.25, -0.2) is 4.79 Å². The Hall–Kier alpha value is -2.60. The number of hydrogen-bond donors (Lipinski definition) is 9. The lowest BCUT2D eigenvalue weighted by molar-refractivity contribution is -0.402. The number of aliphatic hydroxyl groups is 8. The van der Waals surface area contributed by atoms with Gasteiger partial charge in [-0.15, -0.1) is 0 Å². The molecule has 38 heavy (non-hydrogen) atoms. The van der Waals surface area contributed by atoms with E-state index in [2.05, 4.69) is 14.2 Å². The molecule has 0 aromatic rings. The van der Waals surface area contributed by atoms with Crippen molar-refractivity contribution in [3.05, 3.63) is 0 Å². The molecule has 0 aliphatic carbocycles. The van der Waals surface area contributed by atoms with E-state index in [4.69, 9.17) is 24.1 Å². The molecule has 2 aliphatic heterocycles. The SMILES string of the molecule is O=COC(O)[C@@H](O[C@@H]1OC(OC=O)[C@@H](O[C@@H]2O[C@@H](OC=O)[C@@H](O)C(O)C2O)[C@H](O)C1O)C(O)C(O)C(=O)O. The van der Waals surface area contributed by atoms with Crippen LogP contribution >= 0.6 is 0 Å². The highest BCUT2D eigenvalue weighted by molar-refractivity contribution is 5.72. The van der Waals surface area contributed by atoms with Gasteiger partial charge in [-0.05, 0) is 0 Å². The molecule has 0 saturated carbocycles. The van der Waals surface area contributed by atoms with Gasteiger partial charge in [-0.2, -0.15) is 0 Å². The number of rotatable bonds is 14. The Balaban J connectivity index is 2.26. The van der Waals surface area contributed by atoms with E-state index in [1.165, 1.54) is 0 Å². The minimum atomic E-state index is -2.62. The summed E-state index contributed by atoms with van der Waals surface area (Å²) in [4.78, 5) is 43.2. The van der Waals surface area contributed by atoms with Gasteiger partial charge >= 0.3 is 5.97 Å². The van der Waals surface area contributed by atoms with Crippen LogP contribution in [0.25, 0.3) is 0 Å². The number of ether oxygens (including phenoxy) is 7. The summed E-state index contributed by atoms with van der Waals surface area (Å²) in [6.07, 6.45) is -30.6. The molecule has 2 saturated heterocycles. The summed E-state index contributed by atoms with van der Waals surface area (Å²) in [6.45, 7) is -0.728. The monoisotopic (exact) mass is 562 g/mol. The minimum absolute atomic E-state index is 0.160. The third kappa shape index (κ3) is 7.07. The van der Waals surface area contributed by atoms with E-state index in [9.17, 15) is 60.0 Å². The standard InChI is InChI=1S/C18H26O20/c19-1-32-14(31)11(5(23)7(25)13(29)30)35-17-10(28)6(24)12(18(38-17)34-3-21)36-16-9(27)4(22)8(26)15(37-16)33-2-20/h1-12,14-18,22-28,31H,(H,29,30)/t4?,5?,6-,7?,8+,9?,10?,11+,12+,14?,15-,16-,17-,18?/m1/s1. The van der Waals surface area contributed by atoms with Crippen molar-refractivity contribution < 1.29 is 98.3 Å². The van der Waals surface area contributed by atoms with Gasteiger partial charge in [0, 0.05) is 0 Å². The number of aliphatic hydroxyl groups excluding tert-OH is 8. The maximum absolute atomic E-state index is 11.0. The zero-order chi connectivity index (χ0) is 28.7. The number of hydrogen-bond acceptors (Lipinski definition) is 19. The molecular formula is C18H26O20. The number of aliphatic carboxylic acids is 1. The zero-order valence-corrected chi connectivity index (χ0v) is 18.8. The molecule has 2 rings (SSSR count). The molecule has 20 nitrogen and oxygen atoms in total. The Morgan fingerprint density at radius 1 is 0.711 bits per heavy atom. The first kappa shape index (κ1) is 31.6. The van der Waals surface area contributed by atoms with Crippen LogP contribution in [0.1, 0.15) is 0 Å². The van der Waals surface area contributed by atoms with E-state index >= 15 is 0 Å². The molecule has 14 atom stereocenters. The third-order valence-corrected chi connectivity index (χ3v) is 5.38. The average molecular weight is 562 g/mol. The smallest absolute Gasteiger partial charge is 0.335 e. The van der Waals surface area contributed by atoms with Crippen molar-refractivity contribution in [1.29, 1.82) is 0 Å². The second-order valence-corrected chi connectivity index (χ2v) is 7.76. The maximum atomic E-state index is 11.0. The zero-order valence-electron chi connectivity index (χ0n) is 18.8. The van der Waals surface area contributed by atoms with Crippen LogP contribution in [0.15, 0.2) is 0 Å². The first-order chi connectivity index (χ1) is 17.9. The summed E-state index contributed by atoms with van der Waals surface area (Å²) in [7, 11) is 0. The summed E-state index contributed by atoms with van der Waals surface area (Å²) < 4.78 is 33.6. The lowest BCUT2D eigenvalue weighted by Crippen LogP contribution is -2.65. The Kier molecular flexibility index (Phi) is 11.6. The van der Waals surface area contributed by atoms with Crippen molar-refractivity contribution in [2.75, 3.05) is 0 Å². The van der Waals surface area contributed by atoms with Gasteiger partial charge in [0.05, 0.1) is 0 Å². The van der Waals surface area contributed by atoms with Gasteiger partial charge in [-0.3, -0.25) is 14.4 Å². The molecule has 0 bridgehead atoms. The Bertz CT molecular complexity index is 796. The molecule has 2 fully saturated rings. The highest BCUT2D eigenvalue weighted by atomic mass is 16.8. The van der Waals surface area contributed by atoms with Crippen LogP contribution in [-0.2, 0) is 52.3 Å². The first-order valence-electron chi connectivity index (χ1n) is 10.5. The van der Waals surface area contributed by atoms with Crippen molar-refractivity contribution >= 4 is 25.4 Å². The number of carbonyl (C=O) groups excluding carboxylic acids is 3. The number of carboxylic acid groups (broad SMARTS) is 1. The lowest BCUT2D eigenvalue weighted by Gasteiger charge is -2.45. The van der Waals surface area contributed by atoms with Crippen molar-refractivity contribution in [2.45, 2.75) is 86.4 Å². The van der Waals surface area contributed by atoms with Crippen LogP contribution in [0.4, 0.5) is 0 Å². The fraction of sp³-hybridized carbons (Fsp3) is 0.778. The van der Waals surface area contributed by atoms with E-state index in [1.807, 2.05) is 0 Å². The van der Waals surface area contributed by atoms with Crippen molar-refractivity contribution in [1.82, 2.24) is 0 Å². The Morgan fingerprint density at radius 3 is 1.79 bits per heavy atom. The first-order valence-corrected chi connectivity index (χ1v) is 10.5. The topological polar surface area (TPSA) is 315 Å². The van der Waals surface area contributed by atoms with E-state index in [0.717, 1.165) is 0 Å². The van der Waals surface area contributed by atoms with Gasteiger partial charge < -0.3 is 79.1 Å². The molecular weight excluding hydrogens is 536 g/mol. The van der Waals surface area contributed by atoms with Gasteiger partial charge in [0.2, 0.25) is 18.9 Å². The molecule has 0 amide bonds. The fourth-order valence-electron chi connectivity index (χ4n) is 3.41. The number of carbonyl (C=O) groups is 4. The molecule has 2 aliphatic rings. The van der Waals surface area contributed by atoms with Gasteiger partial charge in [0.15, 0.2) is 30.9 Å². The van der Waals surface area contributed by atoms with Gasteiger partial charge in [0.1, 0.15) is 36.6 Å². The normalized spacial score (nSPS) is 38.6. The molecule has 0 aromatic heterocycles. The molecule has 2 heterocycles. The quantitative estimate of drug-likeness (QED) is 0.0539. The molecule has 0 aromatic carbocycles.